The minimum absolute atomic E-state index is 0. The third-order valence-electron chi connectivity index (χ3n) is 2.96. The average Bonchev–Trinajstić information content (AvgIpc) is 2.20. The second-order valence-electron chi connectivity index (χ2n) is 5.43. The molecule has 0 radical (unpaired) electrons. The highest BCUT2D eigenvalue weighted by Gasteiger charge is 1.94. The number of halogens is 3. The molecule has 0 aromatic heterocycles. The maximum atomic E-state index is 2.28. The van der Waals surface area contributed by atoms with Crippen molar-refractivity contribution in [2.24, 2.45) is 0 Å². The van der Waals surface area contributed by atoms with Crippen molar-refractivity contribution in [3.8, 4) is 0 Å². The molecule has 0 amide bonds. The third-order valence-corrected chi connectivity index (χ3v) is 2.96. The van der Waals surface area contributed by atoms with Gasteiger partial charge in [0.15, 0.2) is 0 Å². The molecule has 0 N–H and O–H groups in total. The minimum atomic E-state index is 0. The Morgan fingerprint density at radius 2 is 0.684 bits per heavy atom. The molecule has 0 aromatic rings. The van der Waals surface area contributed by atoms with Crippen LogP contribution < -0.4 is 0 Å². The summed E-state index contributed by atoms with van der Waals surface area (Å²) in [5.74, 6) is 0. The van der Waals surface area contributed by atoms with E-state index in [2.05, 4.69) is 38.0 Å². The van der Waals surface area contributed by atoms with Crippen LogP contribution in [0.15, 0.2) is 0 Å². The molecule has 19 heavy (non-hydrogen) atoms. The summed E-state index contributed by atoms with van der Waals surface area (Å²) in [5, 5.41) is 0. The molecule has 0 aliphatic heterocycles. The Morgan fingerprint density at radius 1 is 0.474 bits per heavy atom. The zero-order chi connectivity index (χ0) is 12.2. The van der Waals surface area contributed by atoms with Gasteiger partial charge in [0, 0.05) is 0 Å². The Morgan fingerprint density at radius 3 is 0.895 bits per heavy atom. The molecule has 0 fully saturated rings. The summed E-state index contributed by atoms with van der Waals surface area (Å²) in [7, 11) is 8.63. The molecule has 0 saturated heterocycles. The van der Waals surface area contributed by atoms with E-state index >= 15 is 0 Å². The number of hydrogen-bond acceptors (Lipinski definition) is 2. The van der Waals surface area contributed by atoms with Gasteiger partial charge in [0.2, 0.25) is 0 Å². The molecular formula is C14H35BrCl2N2. The Kier molecular flexibility index (Phi) is 31.6. The standard InChI is InChI=1S/C14H32N2.BrH.2ClH/c1-15(2)13-11-9-7-5-6-8-10-12-14-16(3)4;;;/h5-14H2,1-4H3;3*1H. The van der Waals surface area contributed by atoms with E-state index in [1.807, 2.05) is 0 Å². The zero-order valence-corrected chi connectivity index (χ0v) is 16.5. The first-order valence-corrected chi connectivity index (χ1v) is 6.92. The fourth-order valence-corrected chi connectivity index (χ4v) is 1.92. The zero-order valence-electron chi connectivity index (χ0n) is 13.2. The van der Waals surface area contributed by atoms with Crippen LogP contribution >= 0.6 is 41.8 Å². The minimum Gasteiger partial charge on any atom is -0.309 e. The van der Waals surface area contributed by atoms with Crippen molar-refractivity contribution in [2.45, 2.75) is 51.4 Å². The number of rotatable bonds is 11. The van der Waals surface area contributed by atoms with Gasteiger partial charge in [-0.25, -0.2) is 0 Å². The summed E-state index contributed by atoms with van der Waals surface area (Å²) in [5.41, 5.74) is 0. The van der Waals surface area contributed by atoms with Crippen molar-refractivity contribution in [2.75, 3.05) is 41.3 Å². The summed E-state index contributed by atoms with van der Waals surface area (Å²) >= 11 is 0. The van der Waals surface area contributed by atoms with Crippen molar-refractivity contribution >= 4 is 41.8 Å². The van der Waals surface area contributed by atoms with Crippen LogP contribution in [0.1, 0.15) is 51.4 Å². The van der Waals surface area contributed by atoms with Gasteiger partial charge in [-0.1, -0.05) is 38.5 Å². The van der Waals surface area contributed by atoms with E-state index in [4.69, 9.17) is 0 Å². The van der Waals surface area contributed by atoms with E-state index in [0.29, 0.717) is 0 Å². The molecule has 0 heterocycles. The molecule has 0 saturated carbocycles. The lowest BCUT2D eigenvalue weighted by molar-refractivity contribution is 0.384. The Hall–Kier alpha value is 0.980. The van der Waals surface area contributed by atoms with Gasteiger partial charge in [-0.2, -0.15) is 0 Å². The van der Waals surface area contributed by atoms with Crippen molar-refractivity contribution in [3.05, 3.63) is 0 Å². The molecule has 2 nitrogen and oxygen atoms in total. The molecule has 0 aliphatic rings. The summed E-state index contributed by atoms with van der Waals surface area (Å²) < 4.78 is 0. The third kappa shape index (κ3) is 28.0. The molecule has 0 bridgehead atoms. The van der Waals surface area contributed by atoms with Crippen LogP contribution in [0.2, 0.25) is 0 Å². The van der Waals surface area contributed by atoms with Gasteiger partial charge in [-0.15, -0.1) is 41.8 Å². The SMILES string of the molecule is Br.CN(C)CCCCCCCCCCN(C)C.Cl.Cl. The lowest BCUT2D eigenvalue weighted by Crippen LogP contribution is -2.12. The number of nitrogens with zero attached hydrogens (tertiary/aromatic N) is 2. The van der Waals surface area contributed by atoms with Gasteiger partial charge < -0.3 is 9.80 Å². The highest BCUT2D eigenvalue weighted by Crippen LogP contribution is 2.08. The second kappa shape index (κ2) is 21.3. The van der Waals surface area contributed by atoms with E-state index < -0.39 is 0 Å². The van der Waals surface area contributed by atoms with Crippen LogP contribution in [-0.2, 0) is 0 Å². The number of unbranched alkanes of at least 4 members (excludes halogenated alkanes) is 7. The molecule has 122 valence electrons. The normalized spacial score (nSPS) is 9.79. The van der Waals surface area contributed by atoms with E-state index in [-0.39, 0.29) is 41.8 Å². The van der Waals surface area contributed by atoms with Gasteiger partial charge in [0.1, 0.15) is 0 Å². The molecule has 5 heteroatoms. The average molecular weight is 382 g/mol. The van der Waals surface area contributed by atoms with Crippen molar-refractivity contribution in [3.63, 3.8) is 0 Å². The maximum Gasteiger partial charge on any atom is -0.00248 e. The van der Waals surface area contributed by atoms with Gasteiger partial charge in [0.25, 0.3) is 0 Å². The lowest BCUT2D eigenvalue weighted by atomic mass is 10.1. The molecule has 0 aliphatic carbocycles. The van der Waals surface area contributed by atoms with E-state index in [0.717, 1.165) is 0 Å². The largest absolute Gasteiger partial charge is 0.309 e. The van der Waals surface area contributed by atoms with E-state index in [1.54, 1.807) is 0 Å². The summed E-state index contributed by atoms with van der Waals surface area (Å²) in [6, 6.07) is 0. The van der Waals surface area contributed by atoms with Crippen LogP contribution in [0.25, 0.3) is 0 Å². The maximum absolute atomic E-state index is 2.28. The molecule has 0 rings (SSSR count). The van der Waals surface area contributed by atoms with Gasteiger partial charge in [-0.05, 0) is 54.1 Å². The highest BCUT2D eigenvalue weighted by molar-refractivity contribution is 8.93. The first-order valence-electron chi connectivity index (χ1n) is 6.92. The van der Waals surface area contributed by atoms with E-state index in [1.165, 1.54) is 64.5 Å². The van der Waals surface area contributed by atoms with Crippen molar-refractivity contribution in [1.29, 1.82) is 0 Å². The Balaban J connectivity index is -0.000000375. The quantitative estimate of drug-likeness (QED) is 0.480. The van der Waals surface area contributed by atoms with Crippen LogP contribution in [0.3, 0.4) is 0 Å². The summed E-state index contributed by atoms with van der Waals surface area (Å²) in [6.45, 7) is 2.51. The van der Waals surface area contributed by atoms with Crippen LogP contribution in [0.4, 0.5) is 0 Å². The first-order chi connectivity index (χ1) is 7.63. The fraction of sp³-hybridized carbons (Fsp3) is 1.00. The summed E-state index contributed by atoms with van der Waals surface area (Å²) in [6.07, 6.45) is 11.3. The van der Waals surface area contributed by atoms with Gasteiger partial charge >= 0.3 is 0 Å². The molecule has 0 spiro atoms. The molecule has 0 unspecified atom stereocenters. The molecule has 0 aromatic carbocycles. The van der Waals surface area contributed by atoms with Crippen LogP contribution in [0.5, 0.6) is 0 Å². The molecule has 0 atom stereocenters. The van der Waals surface area contributed by atoms with Crippen LogP contribution in [0, 0.1) is 0 Å². The van der Waals surface area contributed by atoms with Crippen molar-refractivity contribution in [1.82, 2.24) is 9.80 Å². The lowest BCUT2D eigenvalue weighted by Gasteiger charge is -2.09. The predicted molar refractivity (Wildman–Crippen MR) is 98.9 cm³/mol. The second-order valence-corrected chi connectivity index (χ2v) is 5.43. The van der Waals surface area contributed by atoms with E-state index in [9.17, 15) is 0 Å². The van der Waals surface area contributed by atoms with Gasteiger partial charge in [-0.3, -0.25) is 0 Å². The topological polar surface area (TPSA) is 6.48 Å². The molecular weight excluding hydrogens is 347 g/mol. The Labute approximate surface area is 144 Å². The fourth-order valence-electron chi connectivity index (χ4n) is 1.92. The predicted octanol–water partition coefficient (Wildman–Crippen LogP) is 4.65. The van der Waals surface area contributed by atoms with Gasteiger partial charge in [0.05, 0.1) is 0 Å². The van der Waals surface area contributed by atoms with Crippen LogP contribution in [-0.4, -0.2) is 51.1 Å². The smallest absolute Gasteiger partial charge is 0.00248 e. The Bertz CT molecular complexity index is 131. The first kappa shape index (κ1) is 28.2. The highest BCUT2D eigenvalue weighted by atomic mass is 79.9. The summed E-state index contributed by atoms with van der Waals surface area (Å²) in [4.78, 5) is 4.56. The van der Waals surface area contributed by atoms with Crippen molar-refractivity contribution < 1.29 is 0 Å². The number of hydrogen-bond donors (Lipinski definition) is 0. The monoisotopic (exact) mass is 380 g/mol.